The second-order valence-electron chi connectivity index (χ2n) is 4.69. The van der Waals surface area contributed by atoms with Crippen LogP contribution in [0.5, 0.6) is 0 Å². The third-order valence-electron chi connectivity index (χ3n) is 3.60. The molecule has 0 spiro atoms. The SMILES string of the molecule is Cn1c2ccccc2n2c(-c3ccccc3)cnc12. The molecule has 0 radical (unpaired) electrons. The lowest BCUT2D eigenvalue weighted by molar-refractivity contribution is 0.970. The first-order chi connectivity index (χ1) is 9.36. The molecule has 0 aliphatic rings. The average Bonchev–Trinajstić information content (AvgIpc) is 3.02. The summed E-state index contributed by atoms with van der Waals surface area (Å²) in [6.45, 7) is 0. The number of aromatic nitrogens is 3. The lowest BCUT2D eigenvalue weighted by atomic mass is 10.2. The minimum Gasteiger partial charge on any atom is -0.313 e. The largest absolute Gasteiger partial charge is 0.313 e. The standard InChI is InChI=1S/C16H13N3/c1-18-13-9-5-6-10-14(13)19-15(11-17-16(18)19)12-7-3-2-4-8-12/h2-11H,1H3. The molecule has 0 saturated heterocycles. The van der Waals surface area contributed by atoms with E-state index in [1.165, 1.54) is 16.6 Å². The predicted molar refractivity (Wildman–Crippen MR) is 77.1 cm³/mol. The number of aryl methyl sites for hydroxylation is 1. The van der Waals surface area contributed by atoms with E-state index in [1.54, 1.807) is 0 Å². The fourth-order valence-electron chi connectivity index (χ4n) is 2.67. The van der Waals surface area contributed by atoms with E-state index >= 15 is 0 Å². The second kappa shape index (κ2) is 3.72. The second-order valence-corrected chi connectivity index (χ2v) is 4.69. The smallest absolute Gasteiger partial charge is 0.215 e. The normalized spacial score (nSPS) is 11.4. The van der Waals surface area contributed by atoms with Gasteiger partial charge in [0.1, 0.15) is 0 Å². The average molecular weight is 247 g/mol. The number of hydrogen-bond donors (Lipinski definition) is 0. The summed E-state index contributed by atoms with van der Waals surface area (Å²) in [5.41, 5.74) is 4.71. The Bertz CT molecular complexity index is 869. The fourth-order valence-corrected chi connectivity index (χ4v) is 2.67. The quantitative estimate of drug-likeness (QED) is 0.504. The van der Waals surface area contributed by atoms with E-state index in [2.05, 4.69) is 69.5 Å². The highest BCUT2D eigenvalue weighted by atomic mass is 15.2. The highest BCUT2D eigenvalue weighted by molar-refractivity contribution is 5.84. The maximum atomic E-state index is 4.56. The predicted octanol–water partition coefficient (Wildman–Crippen LogP) is 3.49. The van der Waals surface area contributed by atoms with Crippen LogP contribution in [-0.2, 0) is 7.05 Å². The van der Waals surface area contributed by atoms with Crippen molar-refractivity contribution >= 4 is 16.8 Å². The van der Waals surface area contributed by atoms with Gasteiger partial charge in [-0.3, -0.25) is 4.40 Å². The summed E-state index contributed by atoms with van der Waals surface area (Å²) in [4.78, 5) is 4.56. The molecule has 0 atom stereocenters. The first-order valence-electron chi connectivity index (χ1n) is 6.32. The van der Waals surface area contributed by atoms with Crippen molar-refractivity contribution in [2.24, 2.45) is 7.05 Å². The number of fused-ring (bicyclic) bond motifs is 3. The topological polar surface area (TPSA) is 22.2 Å². The van der Waals surface area contributed by atoms with Gasteiger partial charge in [-0.05, 0) is 12.1 Å². The molecular formula is C16H13N3. The highest BCUT2D eigenvalue weighted by Crippen LogP contribution is 2.26. The van der Waals surface area contributed by atoms with Crippen molar-refractivity contribution < 1.29 is 0 Å². The maximum Gasteiger partial charge on any atom is 0.215 e. The molecule has 0 fully saturated rings. The van der Waals surface area contributed by atoms with Crippen LogP contribution in [0.4, 0.5) is 0 Å². The number of benzene rings is 2. The van der Waals surface area contributed by atoms with Gasteiger partial charge < -0.3 is 4.57 Å². The monoisotopic (exact) mass is 247 g/mol. The molecule has 19 heavy (non-hydrogen) atoms. The Balaban J connectivity index is 2.17. The van der Waals surface area contributed by atoms with Crippen molar-refractivity contribution in [3.8, 4) is 11.3 Å². The fraction of sp³-hybridized carbons (Fsp3) is 0.0625. The molecule has 2 aromatic carbocycles. The molecule has 0 saturated carbocycles. The third-order valence-corrected chi connectivity index (χ3v) is 3.60. The third kappa shape index (κ3) is 1.35. The summed E-state index contributed by atoms with van der Waals surface area (Å²) in [6.07, 6.45) is 1.94. The van der Waals surface area contributed by atoms with Crippen molar-refractivity contribution in [2.45, 2.75) is 0 Å². The van der Waals surface area contributed by atoms with Crippen LogP contribution in [0.25, 0.3) is 28.1 Å². The van der Waals surface area contributed by atoms with Crippen LogP contribution in [0.1, 0.15) is 0 Å². The summed E-state index contributed by atoms with van der Waals surface area (Å²) in [5.74, 6) is 0.972. The van der Waals surface area contributed by atoms with E-state index in [0.717, 1.165) is 11.5 Å². The zero-order chi connectivity index (χ0) is 12.8. The molecule has 3 heteroatoms. The lowest BCUT2D eigenvalue weighted by Crippen LogP contribution is -1.88. The minimum atomic E-state index is 0.972. The Morgan fingerprint density at radius 3 is 2.32 bits per heavy atom. The van der Waals surface area contributed by atoms with E-state index < -0.39 is 0 Å². The Morgan fingerprint density at radius 2 is 1.53 bits per heavy atom. The molecule has 4 aromatic rings. The first kappa shape index (κ1) is 10.4. The Labute approximate surface area is 110 Å². The molecule has 3 nitrogen and oxygen atoms in total. The van der Waals surface area contributed by atoms with Crippen LogP contribution in [-0.4, -0.2) is 14.0 Å². The summed E-state index contributed by atoms with van der Waals surface area (Å²) in [5, 5.41) is 0. The van der Waals surface area contributed by atoms with Crippen LogP contribution in [0, 0.1) is 0 Å². The van der Waals surface area contributed by atoms with Gasteiger partial charge in [0, 0.05) is 12.6 Å². The van der Waals surface area contributed by atoms with Gasteiger partial charge in [-0.15, -0.1) is 0 Å². The van der Waals surface area contributed by atoms with E-state index in [4.69, 9.17) is 0 Å². The number of hydrogen-bond acceptors (Lipinski definition) is 1. The summed E-state index contributed by atoms with van der Waals surface area (Å²) in [7, 11) is 2.06. The Morgan fingerprint density at radius 1 is 0.842 bits per heavy atom. The van der Waals surface area contributed by atoms with Gasteiger partial charge in [-0.25, -0.2) is 4.98 Å². The molecule has 0 bridgehead atoms. The van der Waals surface area contributed by atoms with Crippen LogP contribution in [0.3, 0.4) is 0 Å². The van der Waals surface area contributed by atoms with Crippen LogP contribution in [0.15, 0.2) is 60.8 Å². The first-order valence-corrected chi connectivity index (χ1v) is 6.32. The zero-order valence-electron chi connectivity index (χ0n) is 10.6. The van der Waals surface area contributed by atoms with Gasteiger partial charge in [-0.1, -0.05) is 42.5 Å². The van der Waals surface area contributed by atoms with Crippen LogP contribution < -0.4 is 0 Å². The van der Waals surface area contributed by atoms with Crippen LogP contribution >= 0.6 is 0 Å². The van der Waals surface area contributed by atoms with Crippen molar-refractivity contribution in [2.75, 3.05) is 0 Å². The van der Waals surface area contributed by atoms with Gasteiger partial charge in [0.25, 0.3) is 0 Å². The highest BCUT2D eigenvalue weighted by Gasteiger charge is 2.13. The lowest BCUT2D eigenvalue weighted by Gasteiger charge is -1.99. The molecule has 92 valence electrons. The number of rotatable bonds is 1. The summed E-state index contributed by atoms with van der Waals surface area (Å²) in [6, 6.07) is 18.8. The van der Waals surface area contributed by atoms with Crippen molar-refractivity contribution in [3.63, 3.8) is 0 Å². The van der Waals surface area contributed by atoms with Gasteiger partial charge >= 0.3 is 0 Å². The van der Waals surface area contributed by atoms with Gasteiger partial charge in [0.2, 0.25) is 5.78 Å². The van der Waals surface area contributed by atoms with Gasteiger partial charge in [0.15, 0.2) is 0 Å². The van der Waals surface area contributed by atoms with E-state index in [-0.39, 0.29) is 0 Å². The molecule has 4 rings (SSSR count). The number of imidazole rings is 2. The van der Waals surface area contributed by atoms with Gasteiger partial charge in [0.05, 0.1) is 22.9 Å². The minimum absolute atomic E-state index is 0.972. The molecule has 2 aromatic heterocycles. The van der Waals surface area contributed by atoms with Gasteiger partial charge in [-0.2, -0.15) is 0 Å². The number of nitrogens with zero attached hydrogens (tertiary/aromatic N) is 3. The molecule has 0 N–H and O–H groups in total. The number of para-hydroxylation sites is 2. The van der Waals surface area contributed by atoms with E-state index in [0.29, 0.717) is 0 Å². The summed E-state index contributed by atoms with van der Waals surface area (Å²) >= 11 is 0. The molecule has 2 heterocycles. The molecular weight excluding hydrogens is 234 g/mol. The van der Waals surface area contributed by atoms with Crippen molar-refractivity contribution in [3.05, 3.63) is 60.8 Å². The summed E-state index contributed by atoms with van der Waals surface area (Å²) < 4.78 is 4.34. The molecule has 0 aliphatic carbocycles. The van der Waals surface area contributed by atoms with Crippen LogP contribution in [0.2, 0.25) is 0 Å². The molecule has 0 aliphatic heterocycles. The zero-order valence-corrected chi connectivity index (χ0v) is 10.6. The Kier molecular flexibility index (Phi) is 2.03. The van der Waals surface area contributed by atoms with Crippen molar-refractivity contribution in [1.29, 1.82) is 0 Å². The Hall–Kier alpha value is -2.55. The maximum absolute atomic E-state index is 4.56. The molecule has 0 amide bonds. The van der Waals surface area contributed by atoms with E-state index in [1.807, 2.05) is 12.3 Å². The van der Waals surface area contributed by atoms with Crippen molar-refractivity contribution in [1.82, 2.24) is 14.0 Å². The molecule has 0 unspecified atom stereocenters. The van der Waals surface area contributed by atoms with E-state index in [9.17, 15) is 0 Å².